The number of halogens is 1. The van der Waals surface area contributed by atoms with Gasteiger partial charge < -0.3 is 20.9 Å². The summed E-state index contributed by atoms with van der Waals surface area (Å²) in [4.78, 5) is 14.3. The fourth-order valence-corrected chi connectivity index (χ4v) is 5.58. The molecule has 0 saturated heterocycles. The minimum Gasteiger partial charge on any atom is -0.397 e. The van der Waals surface area contributed by atoms with Gasteiger partial charge >= 0.3 is 0 Å². The summed E-state index contributed by atoms with van der Waals surface area (Å²) in [5.41, 5.74) is 10.4. The van der Waals surface area contributed by atoms with Crippen LogP contribution in [0.3, 0.4) is 0 Å². The summed E-state index contributed by atoms with van der Waals surface area (Å²) in [7, 11) is 1.69. The molecule has 172 valence electrons. The number of thioether (sulfide) groups is 1. The molecule has 0 saturated carbocycles. The highest BCUT2D eigenvalue weighted by Gasteiger charge is 2.18. The Morgan fingerprint density at radius 1 is 1.18 bits per heavy atom. The van der Waals surface area contributed by atoms with Crippen molar-refractivity contribution in [2.75, 3.05) is 43.7 Å². The number of methoxy groups -OCH3 is 1. The first-order valence-electron chi connectivity index (χ1n) is 10.4. The minimum atomic E-state index is -0.295. The molecule has 10 heteroatoms. The lowest BCUT2D eigenvalue weighted by Gasteiger charge is -2.09. The second-order valence-corrected chi connectivity index (χ2v) is 9.55. The first kappa shape index (κ1) is 23.4. The molecule has 0 aliphatic rings. The Kier molecular flexibility index (Phi) is 7.71. The molecule has 0 unspecified atom stereocenters. The average molecular weight is 486 g/mol. The maximum absolute atomic E-state index is 13.6. The van der Waals surface area contributed by atoms with E-state index in [1.807, 2.05) is 6.07 Å². The molecule has 1 aromatic carbocycles. The van der Waals surface area contributed by atoms with Crippen molar-refractivity contribution in [3.63, 3.8) is 0 Å². The number of nitrogens with one attached hydrogen (secondary N) is 1. The number of thiophene rings is 1. The lowest BCUT2D eigenvalue weighted by Crippen LogP contribution is -2.08. The van der Waals surface area contributed by atoms with Gasteiger partial charge in [0, 0.05) is 49.4 Å². The van der Waals surface area contributed by atoms with Crippen molar-refractivity contribution in [2.45, 2.75) is 10.6 Å². The fourth-order valence-electron chi connectivity index (χ4n) is 3.30. The predicted octanol–water partition coefficient (Wildman–Crippen LogP) is 4.67. The molecule has 4 N–H and O–H groups in total. The number of pyridine rings is 1. The van der Waals surface area contributed by atoms with Crippen LogP contribution < -0.4 is 11.1 Å². The topological polar surface area (TPSA) is 106 Å². The largest absolute Gasteiger partial charge is 0.397 e. The van der Waals surface area contributed by atoms with E-state index in [1.54, 1.807) is 54.7 Å². The number of hydrogen-bond donors (Lipinski definition) is 3. The summed E-state index contributed by atoms with van der Waals surface area (Å²) in [6.07, 6.45) is 4.30. The third-order valence-corrected chi connectivity index (χ3v) is 7.36. The monoisotopic (exact) mass is 485 g/mol. The van der Waals surface area contributed by atoms with Crippen molar-refractivity contribution < 1.29 is 14.2 Å². The smallest absolute Gasteiger partial charge is 0.222 e. The number of benzene rings is 1. The Bertz CT molecular complexity index is 1220. The van der Waals surface area contributed by atoms with Crippen LogP contribution in [0.1, 0.15) is 6.42 Å². The fraction of sp³-hybridized carbons (Fsp3) is 0.261. The number of hydrogen-bond acceptors (Lipinski definition) is 9. The van der Waals surface area contributed by atoms with Crippen molar-refractivity contribution in [1.29, 1.82) is 0 Å². The maximum atomic E-state index is 13.6. The SMILES string of the molecule is COCCCSc1sc2nc(-c3cnc(NCCO)nc3)cc(-c3ccc(F)cc3)c2c1N. The second-order valence-electron chi connectivity index (χ2n) is 7.19. The van der Waals surface area contributed by atoms with Gasteiger partial charge in [-0.1, -0.05) is 12.1 Å². The number of aromatic nitrogens is 3. The van der Waals surface area contributed by atoms with Gasteiger partial charge in [-0.2, -0.15) is 0 Å². The molecule has 7 nitrogen and oxygen atoms in total. The number of aliphatic hydroxyl groups excluding tert-OH is 1. The molecular formula is C23H24FN5O2S2. The van der Waals surface area contributed by atoms with Crippen LogP contribution in [0.2, 0.25) is 0 Å². The molecule has 0 fully saturated rings. The van der Waals surface area contributed by atoms with E-state index in [9.17, 15) is 4.39 Å². The molecule has 3 aromatic heterocycles. The Balaban J connectivity index is 1.77. The number of aliphatic hydroxyl groups is 1. The van der Waals surface area contributed by atoms with Crippen LogP contribution >= 0.6 is 23.1 Å². The number of nitrogen functional groups attached to an aromatic ring is 1. The summed E-state index contributed by atoms with van der Waals surface area (Å²) >= 11 is 3.24. The molecular weight excluding hydrogens is 461 g/mol. The van der Waals surface area contributed by atoms with E-state index in [0.29, 0.717) is 30.5 Å². The Labute approximate surface area is 199 Å². The van der Waals surface area contributed by atoms with E-state index in [4.69, 9.17) is 20.6 Å². The third kappa shape index (κ3) is 5.41. The van der Waals surface area contributed by atoms with Crippen LogP contribution in [0.5, 0.6) is 0 Å². The standard InChI is InChI=1S/C23H24FN5O2S2/c1-31-9-2-10-32-22-20(25)19-17(14-3-5-16(24)6-4-14)11-18(29-21(19)33-22)15-12-27-23(28-13-15)26-7-8-30/h3-6,11-13,30H,2,7-10,25H2,1H3,(H,26,27,28). The molecule has 4 aromatic rings. The molecule has 0 radical (unpaired) electrons. The van der Waals surface area contributed by atoms with Crippen LogP contribution in [0.25, 0.3) is 32.6 Å². The van der Waals surface area contributed by atoms with Crippen LogP contribution in [-0.4, -0.2) is 52.7 Å². The number of nitrogens with zero attached hydrogens (tertiary/aromatic N) is 3. The normalized spacial score (nSPS) is 11.2. The Morgan fingerprint density at radius 3 is 2.64 bits per heavy atom. The molecule has 0 spiro atoms. The van der Waals surface area contributed by atoms with Crippen LogP contribution in [-0.2, 0) is 4.74 Å². The molecule has 0 amide bonds. The lowest BCUT2D eigenvalue weighted by molar-refractivity contribution is 0.200. The van der Waals surface area contributed by atoms with Crippen LogP contribution in [0.4, 0.5) is 16.0 Å². The van der Waals surface area contributed by atoms with Gasteiger partial charge in [0.15, 0.2) is 0 Å². The number of ether oxygens (including phenoxy) is 1. The van der Waals surface area contributed by atoms with E-state index < -0.39 is 0 Å². The van der Waals surface area contributed by atoms with E-state index in [0.717, 1.165) is 43.3 Å². The number of rotatable bonds is 10. The molecule has 0 atom stereocenters. The van der Waals surface area contributed by atoms with Crippen molar-refractivity contribution >= 4 is 45.0 Å². The van der Waals surface area contributed by atoms with Crippen LogP contribution in [0.15, 0.2) is 46.9 Å². The number of nitrogens with two attached hydrogens (primary N) is 1. The molecule has 0 aliphatic carbocycles. The third-order valence-electron chi connectivity index (χ3n) is 4.89. The van der Waals surface area contributed by atoms with E-state index in [-0.39, 0.29) is 12.4 Å². The highest BCUT2D eigenvalue weighted by atomic mass is 32.2. The summed E-state index contributed by atoms with van der Waals surface area (Å²) < 4.78 is 19.7. The van der Waals surface area contributed by atoms with Gasteiger partial charge in [0.2, 0.25) is 5.95 Å². The Morgan fingerprint density at radius 2 is 1.94 bits per heavy atom. The molecule has 0 aliphatic heterocycles. The van der Waals surface area contributed by atoms with Gasteiger partial charge in [0.25, 0.3) is 0 Å². The van der Waals surface area contributed by atoms with Crippen molar-refractivity contribution in [3.05, 3.63) is 48.5 Å². The highest BCUT2D eigenvalue weighted by molar-refractivity contribution is 8.01. The zero-order valence-electron chi connectivity index (χ0n) is 18.0. The zero-order chi connectivity index (χ0) is 23.2. The summed E-state index contributed by atoms with van der Waals surface area (Å²) in [5, 5.41) is 12.8. The maximum Gasteiger partial charge on any atom is 0.222 e. The quantitative estimate of drug-likeness (QED) is 0.220. The van der Waals surface area contributed by atoms with Crippen molar-refractivity contribution in [3.8, 4) is 22.4 Å². The van der Waals surface area contributed by atoms with E-state index in [2.05, 4.69) is 15.3 Å². The minimum absolute atomic E-state index is 0.00399. The number of fused-ring (bicyclic) bond motifs is 1. The zero-order valence-corrected chi connectivity index (χ0v) is 19.7. The predicted molar refractivity (Wildman–Crippen MR) is 133 cm³/mol. The van der Waals surface area contributed by atoms with Gasteiger partial charge in [-0.15, -0.1) is 23.1 Å². The summed E-state index contributed by atoms with van der Waals surface area (Å²) in [6, 6.07) is 8.31. The highest BCUT2D eigenvalue weighted by Crippen LogP contribution is 2.45. The average Bonchev–Trinajstić information content (AvgIpc) is 3.16. The summed E-state index contributed by atoms with van der Waals surface area (Å²) in [6.45, 7) is 1.07. The summed E-state index contributed by atoms with van der Waals surface area (Å²) in [5.74, 6) is 1.03. The lowest BCUT2D eigenvalue weighted by atomic mass is 10.0. The van der Waals surface area contributed by atoms with Gasteiger partial charge in [-0.25, -0.2) is 19.3 Å². The molecule has 3 heterocycles. The Hall–Kier alpha value is -2.79. The van der Waals surface area contributed by atoms with Crippen molar-refractivity contribution in [1.82, 2.24) is 15.0 Å². The first-order chi connectivity index (χ1) is 16.1. The van der Waals surface area contributed by atoms with E-state index >= 15 is 0 Å². The van der Waals surface area contributed by atoms with Gasteiger partial charge in [-0.05, 0) is 35.7 Å². The molecule has 33 heavy (non-hydrogen) atoms. The van der Waals surface area contributed by atoms with Gasteiger partial charge in [0.05, 0.1) is 22.2 Å². The van der Waals surface area contributed by atoms with Gasteiger partial charge in [0.1, 0.15) is 10.6 Å². The van der Waals surface area contributed by atoms with E-state index in [1.165, 1.54) is 12.1 Å². The molecule has 4 rings (SSSR count). The van der Waals surface area contributed by atoms with Crippen molar-refractivity contribution in [2.24, 2.45) is 0 Å². The number of anilines is 2. The molecule has 0 bridgehead atoms. The van der Waals surface area contributed by atoms with Gasteiger partial charge in [-0.3, -0.25) is 0 Å². The van der Waals surface area contributed by atoms with Crippen LogP contribution in [0, 0.1) is 5.82 Å². The first-order valence-corrected chi connectivity index (χ1v) is 12.2. The second kappa shape index (κ2) is 10.9.